The summed E-state index contributed by atoms with van der Waals surface area (Å²) in [6, 6.07) is 0. The number of hydrogen-bond donors (Lipinski definition) is 2. The van der Waals surface area contributed by atoms with E-state index in [9.17, 15) is 9.59 Å². The van der Waals surface area contributed by atoms with Gasteiger partial charge in [0, 0.05) is 26.1 Å². The smallest absolute Gasteiger partial charge is 0.305 e. The summed E-state index contributed by atoms with van der Waals surface area (Å²) < 4.78 is 17.0. The molecule has 0 aliphatic heterocycles. The monoisotopic (exact) mass is 422 g/mol. The van der Waals surface area contributed by atoms with E-state index in [2.05, 4.69) is 0 Å². The van der Waals surface area contributed by atoms with Crippen molar-refractivity contribution in [3.05, 3.63) is 0 Å². The highest BCUT2D eigenvalue weighted by Gasteiger charge is 2.35. The topological polar surface area (TPSA) is 102 Å². The Balaban J connectivity index is 4.12. The Morgan fingerprint density at radius 2 is 1.04 bits per heavy atom. The Hall–Kier alpha value is -0.746. The molecule has 0 aromatic rings. The molecule has 27 heavy (non-hydrogen) atoms. The Morgan fingerprint density at radius 1 is 0.667 bits per heavy atom. The number of unbranched alkanes of at least 4 members (excludes halogenated alkanes) is 4. The van der Waals surface area contributed by atoms with Crippen LogP contribution < -0.4 is 0 Å². The first-order chi connectivity index (χ1) is 12.6. The lowest BCUT2D eigenvalue weighted by atomic mass is 10.2. The Labute approximate surface area is 165 Å². The third-order valence-electron chi connectivity index (χ3n) is 3.79. The van der Waals surface area contributed by atoms with Crippen molar-refractivity contribution in [2.45, 2.75) is 77.6 Å². The van der Waals surface area contributed by atoms with Gasteiger partial charge in [-0.3, -0.25) is 9.59 Å². The van der Waals surface area contributed by atoms with Crippen LogP contribution in [0.4, 0.5) is 0 Å². The summed E-state index contributed by atoms with van der Waals surface area (Å²) in [6.07, 6.45) is 5.77. The van der Waals surface area contributed by atoms with E-state index >= 15 is 0 Å². The van der Waals surface area contributed by atoms with Gasteiger partial charge in [-0.2, -0.15) is 0 Å². The van der Waals surface area contributed by atoms with Crippen molar-refractivity contribution < 1.29 is 33.4 Å². The lowest BCUT2D eigenvalue weighted by molar-refractivity contribution is -0.142. The van der Waals surface area contributed by atoms with Crippen LogP contribution >= 0.6 is 0 Å². The highest BCUT2D eigenvalue weighted by molar-refractivity contribution is 6.84. The van der Waals surface area contributed by atoms with Gasteiger partial charge in [-0.05, 0) is 51.9 Å². The second-order valence-electron chi connectivity index (χ2n) is 8.01. The van der Waals surface area contributed by atoms with Gasteiger partial charge >= 0.3 is 11.9 Å². The molecule has 0 amide bonds. The Morgan fingerprint density at radius 3 is 1.37 bits per heavy atom. The fourth-order valence-corrected chi connectivity index (χ4v) is 10.0. The van der Waals surface area contributed by atoms with Gasteiger partial charge in [0.1, 0.15) is 12.5 Å². The van der Waals surface area contributed by atoms with Gasteiger partial charge in [0.15, 0.2) is 0 Å². The predicted octanol–water partition coefficient (Wildman–Crippen LogP) is 2.68. The van der Waals surface area contributed by atoms with Crippen LogP contribution in [0.25, 0.3) is 0 Å². The number of carbonyl (C=O) groups is 2. The number of rotatable bonds is 16. The molecule has 0 spiro atoms. The van der Waals surface area contributed by atoms with Crippen molar-refractivity contribution in [2.75, 3.05) is 25.7 Å². The van der Waals surface area contributed by atoms with Crippen molar-refractivity contribution >= 4 is 28.6 Å². The fraction of sp³-hybridized carbons (Fsp3) is 0.889. The van der Waals surface area contributed by atoms with Crippen LogP contribution in [0.2, 0.25) is 26.2 Å². The van der Waals surface area contributed by atoms with E-state index in [1.807, 2.05) is 26.2 Å². The first-order valence-corrected chi connectivity index (χ1v) is 16.1. The molecule has 7 nitrogen and oxygen atoms in total. The highest BCUT2D eigenvalue weighted by Crippen LogP contribution is 2.16. The molecule has 0 aliphatic rings. The van der Waals surface area contributed by atoms with E-state index in [-0.39, 0.29) is 37.6 Å². The molecule has 0 atom stereocenters. The second kappa shape index (κ2) is 14.3. The van der Waals surface area contributed by atoms with Gasteiger partial charge in [-0.15, -0.1) is 0 Å². The van der Waals surface area contributed by atoms with Gasteiger partial charge in [0.2, 0.25) is 16.6 Å². The molecule has 0 saturated carbocycles. The Kier molecular flexibility index (Phi) is 13.9. The fourth-order valence-electron chi connectivity index (χ4n) is 2.58. The molecule has 2 N–H and O–H groups in total. The van der Waals surface area contributed by atoms with Gasteiger partial charge < -0.3 is 23.8 Å². The number of esters is 2. The normalized spacial score (nSPS) is 12.1. The summed E-state index contributed by atoms with van der Waals surface area (Å²) in [5.41, 5.74) is 0. The van der Waals surface area contributed by atoms with Gasteiger partial charge in [-0.25, -0.2) is 0 Å². The van der Waals surface area contributed by atoms with Crippen LogP contribution in [-0.2, 0) is 23.2 Å². The summed E-state index contributed by atoms with van der Waals surface area (Å²) >= 11 is 0. The lowest BCUT2D eigenvalue weighted by Crippen LogP contribution is -2.51. The molecular formula is C18H38O7Si2. The molecule has 160 valence electrons. The second-order valence-corrected chi connectivity index (χ2v) is 16.4. The third kappa shape index (κ3) is 16.0. The van der Waals surface area contributed by atoms with Crippen LogP contribution in [0.3, 0.4) is 0 Å². The van der Waals surface area contributed by atoms with Crippen molar-refractivity contribution in [1.82, 2.24) is 0 Å². The molecule has 0 rings (SSSR count). The van der Waals surface area contributed by atoms with E-state index in [1.54, 1.807) is 0 Å². The highest BCUT2D eigenvalue weighted by atomic mass is 28.4. The van der Waals surface area contributed by atoms with Gasteiger partial charge in [0.25, 0.3) is 0 Å². The average molecular weight is 423 g/mol. The zero-order valence-corrected chi connectivity index (χ0v) is 19.4. The van der Waals surface area contributed by atoms with Gasteiger partial charge in [-0.1, -0.05) is 12.8 Å². The maximum absolute atomic E-state index is 11.8. The molecule has 0 radical (unpaired) electrons. The summed E-state index contributed by atoms with van der Waals surface area (Å²) in [5.74, 6) is -0.461. The first kappa shape index (κ1) is 26.3. The SMILES string of the molecule is C[Si](C)(COC(=O)CCCCCO)O[Si](C)(C)COC(=O)CCCCCO. The molecule has 0 saturated heterocycles. The lowest BCUT2D eigenvalue weighted by Gasteiger charge is -2.33. The Bertz CT molecular complexity index is 390. The van der Waals surface area contributed by atoms with Crippen LogP contribution in [0.1, 0.15) is 51.4 Å². The number of hydrogen-bond acceptors (Lipinski definition) is 7. The van der Waals surface area contributed by atoms with Crippen LogP contribution in [0.15, 0.2) is 0 Å². The van der Waals surface area contributed by atoms with E-state index in [0.29, 0.717) is 25.7 Å². The van der Waals surface area contributed by atoms with E-state index in [1.165, 1.54) is 0 Å². The largest absolute Gasteiger partial charge is 0.466 e. The summed E-state index contributed by atoms with van der Waals surface area (Å²) in [5, 5.41) is 17.5. The number of aliphatic hydroxyl groups is 2. The first-order valence-electron chi connectivity index (χ1n) is 9.85. The molecule has 0 heterocycles. The third-order valence-corrected chi connectivity index (χ3v) is 9.89. The van der Waals surface area contributed by atoms with E-state index in [4.69, 9.17) is 23.8 Å². The number of carbonyl (C=O) groups excluding carboxylic acids is 2. The van der Waals surface area contributed by atoms with Crippen molar-refractivity contribution in [3.63, 3.8) is 0 Å². The molecule has 0 fully saturated rings. The van der Waals surface area contributed by atoms with Gasteiger partial charge in [0.05, 0.1) is 0 Å². The minimum Gasteiger partial charge on any atom is -0.466 e. The van der Waals surface area contributed by atoms with Crippen molar-refractivity contribution in [1.29, 1.82) is 0 Å². The molecule has 0 aromatic carbocycles. The average Bonchev–Trinajstić information content (AvgIpc) is 2.58. The van der Waals surface area contributed by atoms with Crippen LogP contribution in [0, 0.1) is 0 Å². The molecule has 0 bridgehead atoms. The molecule has 0 aliphatic carbocycles. The maximum atomic E-state index is 11.8. The van der Waals surface area contributed by atoms with Crippen LogP contribution in [0.5, 0.6) is 0 Å². The molecule has 0 unspecified atom stereocenters. The van der Waals surface area contributed by atoms with Crippen LogP contribution in [-0.4, -0.2) is 64.5 Å². The molecule has 9 heteroatoms. The minimum atomic E-state index is -2.20. The zero-order chi connectivity index (χ0) is 20.8. The summed E-state index contributed by atoms with van der Waals surface area (Å²) in [4.78, 5) is 23.6. The predicted molar refractivity (Wildman–Crippen MR) is 109 cm³/mol. The van der Waals surface area contributed by atoms with Crippen molar-refractivity contribution in [2.24, 2.45) is 0 Å². The number of ether oxygens (including phenoxy) is 2. The maximum Gasteiger partial charge on any atom is 0.305 e. The number of aliphatic hydroxyl groups excluding tert-OH is 2. The minimum absolute atomic E-state index is 0.149. The summed E-state index contributed by atoms with van der Waals surface area (Å²) in [7, 11) is -4.41. The van der Waals surface area contributed by atoms with E-state index in [0.717, 1.165) is 25.7 Å². The summed E-state index contributed by atoms with van der Waals surface area (Å²) in [6.45, 7) is 8.29. The zero-order valence-electron chi connectivity index (χ0n) is 17.4. The van der Waals surface area contributed by atoms with Crippen molar-refractivity contribution in [3.8, 4) is 0 Å². The van der Waals surface area contributed by atoms with E-state index < -0.39 is 16.6 Å². The molecule has 0 aromatic heterocycles. The standard InChI is InChI=1S/C18H38O7Si2/c1-26(2,15-23-17(21)11-7-5-9-13-19)25-27(3,4)16-24-18(22)12-8-6-10-14-20/h19-20H,5-16H2,1-4H3. The molecular weight excluding hydrogens is 384 g/mol. The quantitative estimate of drug-likeness (QED) is 0.224.